The highest BCUT2D eigenvalue weighted by molar-refractivity contribution is 7.89. The summed E-state index contributed by atoms with van der Waals surface area (Å²) in [6, 6.07) is 2.47. The fourth-order valence-corrected chi connectivity index (χ4v) is 3.52. The van der Waals surface area contributed by atoms with Crippen molar-refractivity contribution >= 4 is 10.0 Å². The Labute approximate surface area is 114 Å². The van der Waals surface area contributed by atoms with Gasteiger partial charge in [-0.05, 0) is 64.2 Å². The Morgan fingerprint density at radius 3 is 2.21 bits per heavy atom. The lowest BCUT2D eigenvalue weighted by atomic mass is 10.1. The zero-order chi connectivity index (χ0) is 14.6. The van der Waals surface area contributed by atoms with Crippen LogP contribution in [0.3, 0.4) is 0 Å². The Hall–Kier alpha value is -0.980. The third-order valence-electron chi connectivity index (χ3n) is 2.77. The molecule has 4 nitrogen and oxygen atoms in total. The summed E-state index contributed by atoms with van der Waals surface area (Å²) in [4.78, 5) is 2.17. The van der Waals surface area contributed by atoms with Gasteiger partial charge in [0.05, 0.1) is 4.90 Å². The van der Waals surface area contributed by atoms with Crippen LogP contribution in [0.15, 0.2) is 17.0 Å². The van der Waals surface area contributed by atoms with Crippen LogP contribution in [0.25, 0.3) is 0 Å². The predicted molar refractivity (Wildman–Crippen MR) is 74.2 cm³/mol. The van der Waals surface area contributed by atoms with Crippen LogP contribution in [0.5, 0.6) is 0 Å². The van der Waals surface area contributed by atoms with E-state index >= 15 is 0 Å². The van der Waals surface area contributed by atoms with Gasteiger partial charge in [0, 0.05) is 6.54 Å². The summed E-state index contributed by atoms with van der Waals surface area (Å²) in [7, 11) is 0.295. The van der Waals surface area contributed by atoms with Crippen molar-refractivity contribution in [2.75, 3.05) is 27.2 Å². The van der Waals surface area contributed by atoms with Gasteiger partial charge >= 0.3 is 0 Å². The van der Waals surface area contributed by atoms with Crippen molar-refractivity contribution in [3.8, 4) is 0 Å². The van der Waals surface area contributed by atoms with Gasteiger partial charge in [0.1, 0.15) is 5.82 Å². The smallest absolute Gasteiger partial charge is 0.241 e. The summed E-state index contributed by atoms with van der Waals surface area (Å²) < 4.78 is 40.1. The van der Waals surface area contributed by atoms with Crippen molar-refractivity contribution in [1.82, 2.24) is 9.62 Å². The first kappa shape index (κ1) is 16.1. The maximum atomic E-state index is 13.2. The molecule has 1 rings (SSSR count). The standard InChI is InChI=1S/C13H21FN2O2S/c1-10-8-12(14)9-11(2)13(10)19(17,18)15-6-5-7-16(3)4/h8-9,15H,5-7H2,1-4H3. The fraction of sp³-hybridized carbons (Fsp3) is 0.538. The maximum Gasteiger partial charge on any atom is 0.241 e. The van der Waals surface area contributed by atoms with E-state index in [0.717, 1.165) is 13.0 Å². The van der Waals surface area contributed by atoms with Crippen LogP contribution in [0.2, 0.25) is 0 Å². The number of aryl methyl sites for hydroxylation is 2. The first-order chi connectivity index (χ1) is 8.74. The zero-order valence-corrected chi connectivity index (χ0v) is 12.6. The Morgan fingerprint density at radius 1 is 1.21 bits per heavy atom. The number of nitrogens with zero attached hydrogens (tertiary/aromatic N) is 1. The summed E-state index contributed by atoms with van der Waals surface area (Å²) >= 11 is 0. The molecule has 0 aliphatic rings. The molecule has 0 amide bonds. The summed E-state index contributed by atoms with van der Waals surface area (Å²) in [6.07, 6.45) is 0.728. The molecule has 19 heavy (non-hydrogen) atoms. The number of benzene rings is 1. The van der Waals surface area contributed by atoms with E-state index in [-0.39, 0.29) is 4.90 Å². The van der Waals surface area contributed by atoms with E-state index in [4.69, 9.17) is 0 Å². The number of nitrogens with one attached hydrogen (secondary N) is 1. The summed E-state index contributed by atoms with van der Waals surface area (Å²) in [5.74, 6) is -0.415. The van der Waals surface area contributed by atoms with E-state index in [1.54, 1.807) is 13.8 Å². The van der Waals surface area contributed by atoms with Crippen molar-refractivity contribution < 1.29 is 12.8 Å². The van der Waals surface area contributed by atoms with Crippen LogP contribution in [-0.2, 0) is 10.0 Å². The molecule has 108 valence electrons. The molecular weight excluding hydrogens is 267 g/mol. The van der Waals surface area contributed by atoms with Crippen LogP contribution >= 0.6 is 0 Å². The number of rotatable bonds is 6. The van der Waals surface area contributed by atoms with Crippen molar-refractivity contribution in [1.29, 1.82) is 0 Å². The van der Waals surface area contributed by atoms with Gasteiger partial charge in [0.25, 0.3) is 0 Å². The van der Waals surface area contributed by atoms with Gasteiger partial charge in [-0.15, -0.1) is 0 Å². The highest BCUT2D eigenvalue weighted by Gasteiger charge is 2.19. The minimum absolute atomic E-state index is 0.179. The highest BCUT2D eigenvalue weighted by atomic mass is 32.2. The molecule has 0 atom stereocenters. The van der Waals surface area contributed by atoms with Crippen LogP contribution < -0.4 is 4.72 Å². The molecule has 0 aliphatic heterocycles. The molecule has 1 N–H and O–H groups in total. The van der Waals surface area contributed by atoms with Crippen LogP contribution in [0, 0.1) is 19.7 Å². The minimum atomic E-state index is -3.57. The number of halogens is 1. The number of hydrogen-bond acceptors (Lipinski definition) is 3. The molecule has 1 aromatic rings. The second-order valence-corrected chi connectivity index (χ2v) is 6.63. The largest absolute Gasteiger partial charge is 0.309 e. The lowest BCUT2D eigenvalue weighted by molar-refractivity contribution is 0.400. The highest BCUT2D eigenvalue weighted by Crippen LogP contribution is 2.21. The van der Waals surface area contributed by atoms with Crippen molar-refractivity contribution in [2.45, 2.75) is 25.2 Å². The van der Waals surface area contributed by atoms with Gasteiger partial charge in [-0.25, -0.2) is 17.5 Å². The SMILES string of the molecule is Cc1cc(F)cc(C)c1S(=O)(=O)NCCCN(C)C. The molecule has 0 saturated carbocycles. The van der Waals surface area contributed by atoms with Crippen molar-refractivity contribution in [2.24, 2.45) is 0 Å². The zero-order valence-electron chi connectivity index (χ0n) is 11.8. The average molecular weight is 288 g/mol. The van der Waals surface area contributed by atoms with E-state index in [1.165, 1.54) is 12.1 Å². The van der Waals surface area contributed by atoms with E-state index in [2.05, 4.69) is 4.72 Å². The minimum Gasteiger partial charge on any atom is -0.309 e. The maximum absolute atomic E-state index is 13.2. The van der Waals surface area contributed by atoms with E-state index in [9.17, 15) is 12.8 Å². The Balaban J connectivity index is 2.84. The molecule has 1 aromatic carbocycles. The average Bonchev–Trinajstić information content (AvgIpc) is 2.22. The Morgan fingerprint density at radius 2 is 1.74 bits per heavy atom. The predicted octanol–water partition coefficient (Wildman–Crippen LogP) is 1.67. The molecule has 0 heterocycles. The molecule has 0 saturated heterocycles. The monoisotopic (exact) mass is 288 g/mol. The summed E-state index contributed by atoms with van der Waals surface area (Å²) in [5.41, 5.74) is 0.857. The third-order valence-corrected chi connectivity index (χ3v) is 4.53. The normalized spacial score (nSPS) is 12.1. The lowest BCUT2D eigenvalue weighted by Crippen LogP contribution is -2.28. The van der Waals surface area contributed by atoms with E-state index < -0.39 is 15.8 Å². The van der Waals surface area contributed by atoms with Gasteiger partial charge in [-0.2, -0.15) is 0 Å². The van der Waals surface area contributed by atoms with Crippen molar-refractivity contribution in [3.63, 3.8) is 0 Å². The quantitative estimate of drug-likeness (QED) is 0.810. The molecule has 0 spiro atoms. The van der Waals surface area contributed by atoms with Crippen molar-refractivity contribution in [3.05, 3.63) is 29.1 Å². The fourth-order valence-electron chi connectivity index (χ4n) is 2.00. The van der Waals surface area contributed by atoms with Gasteiger partial charge < -0.3 is 4.90 Å². The van der Waals surface area contributed by atoms with Gasteiger partial charge in [-0.1, -0.05) is 0 Å². The van der Waals surface area contributed by atoms with Gasteiger partial charge in [0.2, 0.25) is 10.0 Å². The Bertz CT molecular complexity index is 519. The molecular formula is C13H21FN2O2S. The topological polar surface area (TPSA) is 49.4 Å². The number of sulfonamides is 1. The van der Waals surface area contributed by atoms with E-state index in [0.29, 0.717) is 17.7 Å². The van der Waals surface area contributed by atoms with Crippen LogP contribution in [0.1, 0.15) is 17.5 Å². The molecule has 0 unspecified atom stereocenters. The first-order valence-corrected chi connectivity index (χ1v) is 7.63. The van der Waals surface area contributed by atoms with Gasteiger partial charge in [0.15, 0.2) is 0 Å². The van der Waals surface area contributed by atoms with Gasteiger partial charge in [-0.3, -0.25) is 0 Å². The summed E-state index contributed by atoms with van der Waals surface area (Å²) in [5, 5.41) is 0. The molecule has 0 radical (unpaired) electrons. The second kappa shape index (κ2) is 6.45. The molecule has 0 aliphatic carbocycles. The molecule has 0 fully saturated rings. The number of hydrogen-bond donors (Lipinski definition) is 1. The molecule has 0 aromatic heterocycles. The van der Waals surface area contributed by atoms with E-state index in [1.807, 2.05) is 19.0 Å². The molecule has 6 heteroatoms. The summed E-state index contributed by atoms with van der Waals surface area (Å²) in [6.45, 7) is 4.38. The van der Waals surface area contributed by atoms with Crippen LogP contribution in [-0.4, -0.2) is 40.5 Å². The lowest BCUT2D eigenvalue weighted by Gasteiger charge is -2.13. The second-order valence-electron chi connectivity index (χ2n) is 4.92. The van der Waals surface area contributed by atoms with Crippen LogP contribution in [0.4, 0.5) is 4.39 Å². The first-order valence-electron chi connectivity index (χ1n) is 6.15. The Kier molecular flexibility index (Phi) is 5.46. The molecule has 0 bridgehead atoms. The third kappa shape index (κ3) is 4.56.